The Labute approximate surface area is 157 Å². The molecule has 0 radical (unpaired) electrons. The van der Waals surface area contributed by atoms with Crippen molar-refractivity contribution < 1.29 is 22.6 Å². The topological polar surface area (TPSA) is 35.5 Å². The fraction of sp³-hybridized carbons (Fsp3) is 1.00. The van der Waals surface area contributed by atoms with E-state index in [1.807, 2.05) is 13.8 Å². The summed E-state index contributed by atoms with van der Waals surface area (Å²) in [7, 11) is -3.05. The van der Waals surface area contributed by atoms with Crippen LogP contribution in [0.25, 0.3) is 0 Å². The Kier molecular flexibility index (Phi) is 11.7. The molecule has 0 aliphatic carbocycles. The summed E-state index contributed by atoms with van der Waals surface area (Å²) in [5.74, 6) is 0. The molecular formula is C19H45N2O3P+2. The molecule has 0 heterocycles. The van der Waals surface area contributed by atoms with E-state index in [4.69, 9.17) is 9.05 Å². The van der Waals surface area contributed by atoms with Crippen molar-refractivity contribution in [2.75, 3.05) is 65.6 Å². The van der Waals surface area contributed by atoms with E-state index in [1.165, 1.54) is 0 Å². The smallest absolute Gasteiger partial charge is 0.322 e. The Morgan fingerprint density at radius 2 is 0.960 bits per heavy atom. The SMILES string of the molecule is CC[N+](CC)(CC)CCOP(=O)(OCC[N+](CC)(CC)CC)C(C)C. The largest absolute Gasteiger partial charge is 0.333 e. The van der Waals surface area contributed by atoms with Gasteiger partial charge in [-0.15, -0.1) is 0 Å². The number of hydrogen-bond donors (Lipinski definition) is 0. The van der Waals surface area contributed by atoms with Crippen LogP contribution in [0.15, 0.2) is 0 Å². The predicted molar refractivity (Wildman–Crippen MR) is 108 cm³/mol. The van der Waals surface area contributed by atoms with E-state index < -0.39 is 7.60 Å². The van der Waals surface area contributed by atoms with Crippen molar-refractivity contribution in [2.45, 2.75) is 61.0 Å². The molecule has 0 aromatic carbocycles. The van der Waals surface area contributed by atoms with Crippen LogP contribution in [-0.2, 0) is 13.6 Å². The van der Waals surface area contributed by atoms with E-state index in [0.717, 1.165) is 61.3 Å². The first kappa shape index (κ1) is 25.1. The van der Waals surface area contributed by atoms with Crippen LogP contribution in [0.4, 0.5) is 0 Å². The molecule has 0 spiro atoms. The minimum Gasteiger partial charge on any atom is -0.322 e. The summed E-state index contributed by atoms with van der Waals surface area (Å²) < 4.78 is 26.9. The van der Waals surface area contributed by atoms with Gasteiger partial charge in [0, 0.05) is 0 Å². The minimum atomic E-state index is -3.05. The van der Waals surface area contributed by atoms with Gasteiger partial charge < -0.3 is 18.0 Å². The third-order valence-electron chi connectivity index (χ3n) is 6.33. The van der Waals surface area contributed by atoms with Crippen molar-refractivity contribution >= 4 is 7.60 Å². The van der Waals surface area contributed by atoms with Crippen LogP contribution in [0.2, 0.25) is 0 Å². The van der Waals surface area contributed by atoms with Crippen LogP contribution in [0.3, 0.4) is 0 Å². The fourth-order valence-corrected chi connectivity index (χ4v) is 4.69. The van der Waals surface area contributed by atoms with Gasteiger partial charge in [0.25, 0.3) is 0 Å². The highest BCUT2D eigenvalue weighted by Crippen LogP contribution is 2.52. The van der Waals surface area contributed by atoms with Crippen LogP contribution in [-0.4, -0.2) is 80.2 Å². The van der Waals surface area contributed by atoms with Gasteiger partial charge in [-0.1, -0.05) is 13.8 Å². The van der Waals surface area contributed by atoms with Crippen LogP contribution >= 0.6 is 7.60 Å². The Balaban J connectivity index is 4.73. The fourth-order valence-electron chi connectivity index (χ4n) is 3.35. The highest BCUT2D eigenvalue weighted by Gasteiger charge is 2.32. The molecule has 0 aromatic rings. The number of hydrogen-bond acceptors (Lipinski definition) is 3. The van der Waals surface area contributed by atoms with E-state index >= 15 is 0 Å². The van der Waals surface area contributed by atoms with E-state index in [2.05, 4.69) is 41.5 Å². The summed E-state index contributed by atoms with van der Waals surface area (Å²) in [6.45, 7) is 26.4. The first-order valence-electron chi connectivity index (χ1n) is 10.3. The molecule has 0 aliphatic rings. The molecule has 0 rings (SSSR count). The molecule has 0 saturated carbocycles. The van der Waals surface area contributed by atoms with E-state index in [9.17, 15) is 4.57 Å². The summed E-state index contributed by atoms with van der Waals surface area (Å²) in [5, 5.41) is 0. The average molecular weight is 381 g/mol. The van der Waals surface area contributed by atoms with Gasteiger partial charge in [0.05, 0.1) is 44.9 Å². The summed E-state index contributed by atoms with van der Waals surface area (Å²) in [5.41, 5.74) is -0.106. The molecule has 0 aliphatic heterocycles. The normalized spacial score (nSPS) is 13.6. The lowest BCUT2D eigenvalue weighted by molar-refractivity contribution is -0.923. The summed E-state index contributed by atoms with van der Waals surface area (Å²) in [6, 6.07) is 0. The van der Waals surface area contributed by atoms with Crippen molar-refractivity contribution in [1.82, 2.24) is 0 Å². The number of rotatable bonds is 15. The van der Waals surface area contributed by atoms with Crippen molar-refractivity contribution in [2.24, 2.45) is 0 Å². The van der Waals surface area contributed by atoms with Crippen LogP contribution < -0.4 is 0 Å². The van der Waals surface area contributed by atoms with Crippen LogP contribution in [0, 0.1) is 0 Å². The molecular weight excluding hydrogens is 335 g/mol. The Morgan fingerprint density at radius 3 is 1.16 bits per heavy atom. The molecule has 0 saturated heterocycles. The lowest BCUT2D eigenvalue weighted by atomic mass is 10.3. The van der Waals surface area contributed by atoms with Gasteiger partial charge in [-0.05, 0) is 41.5 Å². The Bertz CT molecular complexity index is 348. The first-order chi connectivity index (χ1) is 11.7. The maximum absolute atomic E-state index is 13.2. The second-order valence-electron chi connectivity index (χ2n) is 7.33. The molecule has 0 N–H and O–H groups in total. The number of nitrogens with zero attached hydrogens (tertiary/aromatic N) is 2. The zero-order valence-electron chi connectivity index (χ0n) is 18.2. The summed E-state index contributed by atoms with van der Waals surface area (Å²) >= 11 is 0. The van der Waals surface area contributed by atoms with Gasteiger partial charge in [-0.25, -0.2) is 0 Å². The van der Waals surface area contributed by atoms with Gasteiger partial charge in [0.1, 0.15) is 26.3 Å². The molecule has 25 heavy (non-hydrogen) atoms. The molecule has 0 atom stereocenters. The van der Waals surface area contributed by atoms with Crippen LogP contribution in [0.5, 0.6) is 0 Å². The van der Waals surface area contributed by atoms with Crippen molar-refractivity contribution in [3.8, 4) is 0 Å². The molecule has 0 fully saturated rings. The molecule has 0 aromatic heterocycles. The lowest BCUT2D eigenvalue weighted by Gasteiger charge is -2.37. The van der Waals surface area contributed by atoms with Crippen molar-refractivity contribution in [1.29, 1.82) is 0 Å². The van der Waals surface area contributed by atoms with Gasteiger partial charge in [0.2, 0.25) is 0 Å². The quantitative estimate of drug-likeness (QED) is 0.312. The highest BCUT2D eigenvalue weighted by atomic mass is 31.2. The van der Waals surface area contributed by atoms with Crippen molar-refractivity contribution in [3.63, 3.8) is 0 Å². The molecule has 0 bridgehead atoms. The monoisotopic (exact) mass is 380 g/mol. The molecule has 5 nitrogen and oxygen atoms in total. The van der Waals surface area contributed by atoms with Gasteiger partial charge in [-0.2, -0.15) is 0 Å². The zero-order valence-corrected chi connectivity index (χ0v) is 19.1. The second-order valence-corrected chi connectivity index (χ2v) is 9.96. The van der Waals surface area contributed by atoms with E-state index in [0.29, 0.717) is 13.2 Å². The van der Waals surface area contributed by atoms with E-state index in [1.54, 1.807) is 0 Å². The maximum Gasteiger partial charge on any atom is 0.333 e. The minimum absolute atomic E-state index is 0.106. The maximum atomic E-state index is 13.2. The predicted octanol–water partition coefficient (Wildman–Crippen LogP) is 4.37. The molecule has 6 heteroatoms. The second kappa shape index (κ2) is 11.7. The zero-order chi connectivity index (χ0) is 19.6. The van der Waals surface area contributed by atoms with E-state index in [-0.39, 0.29) is 5.66 Å². The number of likely N-dealkylation sites (N-methyl/N-ethyl adjacent to an activating group) is 2. The lowest BCUT2D eigenvalue weighted by Crippen LogP contribution is -2.49. The third-order valence-corrected chi connectivity index (χ3v) is 8.68. The van der Waals surface area contributed by atoms with Gasteiger partial charge in [-0.3, -0.25) is 4.57 Å². The first-order valence-corrected chi connectivity index (χ1v) is 11.9. The standard InChI is InChI=1S/C19H45N2O3P/c1-9-20(10-2,11-3)15-17-23-25(22,19(7)8)24-18-16-21(12-4,13-5)14-6/h19H,9-18H2,1-8H3/q+2. The third kappa shape index (κ3) is 7.30. The highest BCUT2D eigenvalue weighted by molar-refractivity contribution is 7.54. The average Bonchev–Trinajstić information content (AvgIpc) is 2.63. The Hall–Kier alpha value is 0.0700. The number of quaternary nitrogens is 2. The molecule has 0 amide bonds. The summed E-state index contributed by atoms with van der Waals surface area (Å²) in [6.07, 6.45) is 0. The van der Waals surface area contributed by atoms with Gasteiger partial charge in [0.15, 0.2) is 0 Å². The molecule has 152 valence electrons. The van der Waals surface area contributed by atoms with Crippen LogP contribution in [0.1, 0.15) is 55.4 Å². The summed E-state index contributed by atoms with van der Waals surface area (Å²) in [4.78, 5) is 0. The van der Waals surface area contributed by atoms with Crippen molar-refractivity contribution in [3.05, 3.63) is 0 Å². The van der Waals surface area contributed by atoms with Gasteiger partial charge >= 0.3 is 7.60 Å². The Morgan fingerprint density at radius 1 is 0.680 bits per heavy atom. The molecule has 0 unspecified atom stereocenters.